The SMILES string of the molecule is CCc1nc2c(s1)C(N(C)C(=O)Nc1ncc(C(N)=O)s1)CCC2. The molecule has 2 aromatic heterocycles. The number of rotatable bonds is 4. The number of amides is 3. The first-order chi connectivity index (χ1) is 11.5. The summed E-state index contributed by atoms with van der Waals surface area (Å²) in [5.74, 6) is -0.546. The normalized spacial score (nSPS) is 16.5. The van der Waals surface area contributed by atoms with Crippen LogP contribution in [0.2, 0.25) is 0 Å². The van der Waals surface area contributed by atoms with Gasteiger partial charge in [-0.1, -0.05) is 18.3 Å². The van der Waals surface area contributed by atoms with Gasteiger partial charge in [0.15, 0.2) is 5.13 Å². The number of aromatic nitrogens is 2. The summed E-state index contributed by atoms with van der Waals surface area (Å²) in [6.45, 7) is 2.09. The highest BCUT2D eigenvalue weighted by Crippen LogP contribution is 2.37. The van der Waals surface area contributed by atoms with Crippen LogP contribution in [-0.4, -0.2) is 33.9 Å². The Labute approximate surface area is 147 Å². The van der Waals surface area contributed by atoms with E-state index in [2.05, 4.69) is 22.2 Å². The lowest BCUT2D eigenvalue weighted by Crippen LogP contribution is -2.36. The topological polar surface area (TPSA) is 101 Å². The van der Waals surface area contributed by atoms with E-state index in [1.54, 1.807) is 23.3 Å². The first-order valence-electron chi connectivity index (χ1n) is 7.77. The second kappa shape index (κ2) is 6.86. The summed E-state index contributed by atoms with van der Waals surface area (Å²) in [6, 6.07) is -0.216. The van der Waals surface area contributed by atoms with Gasteiger partial charge in [-0.3, -0.25) is 10.1 Å². The number of primary amides is 1. The number of nitrogens with zero attached hydrogens (tertiary/aromatic N) is 3. The second-order valence-corrected chi connectivity index (χ2v) is 7.76. The zero-order valence-electron chi connectivity index (χ0n) is 13.5. The van der Waals surface area contributed by atoms with Crippen molar-refractivity contribution in [2.45, 2.75) is 38.6 Å². The maximum absolute atomic E-state index is 12.5. The molecular formula is C15H19N5O2S2. The van der Waals surface area contributed by atoms with Gasteiger partial charge >= 0.3 is 6.03 Å². The Morgan fingerprint density at radius 3 is 2.92 bits per heavy atom. The molecule has 0 saturated carbocycles. The molecule has 3 N–H and O–H groups in total. The number of carbonyl (C=O) groups excluding carboxylic acids is 2. The molecule has 2 heterocycles. The van der Waals surface area contributed by atoms with E-state index in [0.717, 1.165) is 47.7 Å². The van der Waals surface area contributed by atoms with Gasteiger partial charge in [-0.25, -0.2) is 14.8 Å². The van der Waals surface area contributed by atoms with E-state index in [-0.39, 0.29) is 12.1 Å². The molecule has 128 valence electrons. The van der Waals surface area contributed by atoms with Gasteiger partial charge in [0.2, 0.25) is 0 Å². The Morgan fingerprint density at radius 2 is 2.25 bits per heavy atom. The van der Waals surface area contributed by atoms with E-state index in [9.17, 15) is 9.59 Å². The van der Waals surface area contributed by atoms with Crippen LogP contribution >= 0.6 is 22.7 Å². The van der Waals surface area contributed by atoms with Crippen molar-refractivity contribution in [1.82, 2.24) is 14.9 Å². The van der Waals surface area contributed by atoms with Gasteiger partial charge in [0.25, 0.3) is 5.91 Å². The molecule has 0 spiro atoms. The van der Waals surface area contributed by atoms with E-state index in [1.165, 1.54) is 11.1 Å². The number of aryl methyl sites for hydroxylation is 2. The van der Waals surface area contributed by atoms with Crippen LogP contribution < -0.4 is 11.1 Å². The standard InChI is InChI=1S/C15H19N5O2S2/c1-3-11-18-8-5-4-6-9(12(8)24-11)20(2)15(22)19-14-17-7-10(23-14)13(16)21/h7,9H,3-6H2,1-2H3,(H2,16,21)(H,17,19,22). The number of hydrogen-bond acceptors (Lipinski definition) is 6. The lowest BCUT2D eigenvalue weighted by atomic mass is 9.97. The molecule has 2 aromatic rings. The molecule has 1 aliphatic rings. The van der Waals surface area contributed by atoms with E-state index < -0.39 is 5.91 Å². The van der Waals surface area contributed by atoms with E-state index in [0.29, 0.717) is 10.0 Å². The van der Waals surface area contributed by atoms with Crippen LogP contribution in [0.25, 0.3) is 0 Å². The summed E-state index contributed by atoms with van der Waals surface area (Å²) in [5.41, 5.74) is 6.33. The van der Waals surface area contributed by atoms with Crippen molar-refractivity contribution in [3.63, 3.8) is 0 Å². The van der Waals surface area contributed by atoms with Crippen molar-refractivity contribution in [2.24, 2.45) is 5.73 Å². The quantitative estimate of drug-likeness (QED) is 0.870. The minimum Gasteiger partial charge on any atom is -0.365 e. The number of nitrogens with two attached hydrogens (primary N) is 1. The number of thiazole rings is 2. The molecule has 3 amide bonds. The third-order valence-corrected chi connectivity index (χ3v) is 6.29. The fraction of sp³-hybridized carbons (Fsp3) is 0.467. The van der Waals surface area contributed by atoms with Crippen molar-refractivity contribution in [3.05, 3.63) is 26.7 Å². The van der Waals surface area contributed by atoms with Gasteiger partial charge in [0.05, 0.1) is 27.8 Å². The largest absolute Gasteiger partial charge is 0.365 e. The Balaban J connectivity index is 1.74. The fourth-order valence-corrected chi connectivity index (χ4v) is 4.63. The third kappa shape index (κ3) is 3.27. The van der Waals surface area contributed by atoms with Crippen molar-refractivity contribution in [2.75, 3.05) is 12.4 Å². The molecule has 0 fully saturated rings. The van der Waals surface area contributed by atoms with E-state index >= 15 is 0 Å². The van der Waals surface area contributed by atoms with Crippen LogP contribution in [0, 0.1) is 0 Å². The Kier molecular flexibility index (Phi) is 4.81. The smallest absolute Gasteiger partial charge is 0.323 e. The summed E-state index contributed by atoms with van der Waals surface area (Å²) in [4.78, 5) is 35.5. The average molecular weight is 365 g/mol. The third-order valence-electron chi connectivity index (χ3n) is 4.02. The second-order valence-electron chi connectivity index (χ2n) is 5.62. The predicted molar refractivity (Wildman–Crippen MR) is 94.6 cm³/mol. The number of carbonyl (C=O) groups is 2. The number of anilines is 1. The van der Waals surface area contributed by atoms with Crippen molar-refractivity contribution < 1.29 is 9.59 Å². The first kappa shape index (κ1) is 16.8. The summed E-state index contributed by atoms with van der Waals surface area (Å²) < 4.78 is 0. The zero-order chi connectivity index (χ0) is 17.3. The summed E-state index contributed by atoms with van der Waals surface area (Å²) in [5, 5.41) is 4.22. The monoisotopic (exact) mass is 365 g/mol. The molecule has 24 heavy (non-hydrogen) atoms. The van der Waals surface area contributed by atoms with Crippen LogP contribution in [0.5, 0.6) is 0 Å². The van der Waals surface area contributed by atoms with E-state index in [1.807, 2.05) is 0 Å². The van der Waals surface area contributed by atoms with Gasteiger partial charge in [-0.2, -0.15) is 0 Å². The molecule has 0 aliphatic heterocycles. The molecule has 1 aliphatic carbocycles. The molecule has 0 bridgehead atoms. The van der Waals surface area contributed by atoms with Crippen LogP contribution in [0.15, 0.2) is 6.20 Å². The van der Waals surface area contributed by atoms with Crippen molar-refractivity contribution >= 4 is 39.7 Å². The van der Waals surface area contributed by atoms with Gasteiger partial charge in [0, 0.05) is 7.05 Å². The Morgan fingerprint density at radius 1 is 1.46 bits per heavy atom. The Hall–Kier alpha value is -2.00. The lowest BCUT2D eigenvalue weighted by molar-refractivity contribution is 0.100. The van der Waals surface area contributed by atoms with Crippen molar-refractivity contribution in [1.29, 1.82) is 0 Å². The highest BCUT2D eigenvalue weighted by atomic mass is 32.1. The molecular weight excluding hydrogens is 346 g/mol. The number of nitrogens with one attached hydrogen (secondary N) is 1. The molecule has 7 nitrogen and oxygen atoms in total. The van der Waals surface area contributed by atoms with Gasteiger partial charge in [0.1, 0.15) is 4.88 Å². The summed E-state index contributed by atoms with van der Waals surface area (Å²) >= 11 is 2.77. The first-order valence-corrected chi connectivity index (χ1v) is 9.40. The minimum absolute atomic E-state index is 0.0297. The maximum Gasteiger partial charge on any atom is 0.323 e. The molecule has 1 unspecified atom stereocenters. The highest BCUT2D eigenvalue weighted by molar-refractivity contribution is 7.17. The van der Waals surface area contributed by atoms with Crippen LogP contribution in [-0.2, 0) is 12.8 Å². The van der Waals surface area contributed by atoms with Crippen LogP contribution in [0.4, 0.5) is 9.93 Å². The van der Waals surface area contributed by atoms with Crippen LogP contribution in [0.3, 0.4) is 0 Å². The minimum atomic E-state index is -0.546. The predicted octanol–water partition coefficient (Wildman–Crippen LogP) is 2.80. The fourth-order valence-electron chi connectivity index (χ4n) is 2.74. The molecule has 1 atom stereocenters. The number of hydrogen-bond donors (Lipinski definition) is 2. The number of fused-ring (bicyclic) bond motifs is 1. The molecule has 0 saturated heterocycles. The zero-order valence-corrected chi connectivity index (χ0v) is 15.2. The Bertz CT molecular complexity index is 770. The average Bonchev–Trinajstić information content (AvgIpc) is 3.19. The van der Waals surface area contributed by atoms with E-state index in [4.69, 9.17) is 5.73 Å². The lowest BCUT2D eigenvalue weighted by Gasteiger charge is -2.30. The highest BCUT2D eigenvalue weighted by Gasteiger charge is 2.30. The summed E-state index contributed by atoms with van der Waals surface area (Å²) in [6.07, 6.45) is 5.21. The molecule has 0 aromatic carbocycles. The maximum atomic E-state index is 12.5. The van der Waals surface area contributed by atoms with Gasteiger partial charge < -0.3 is 10.6 Å². The molecule has 9 heteroatoms. The van der Waals surface area contributed by atoms with Crippen molar-refractivity contribution in [3.8, 4) is 0 Å². The van der Waals surface area contributed by atoms with Gasteiger partial charge in [-0.05, 0) is 25.7 Å². The number of urea groups is 1. The van der Waals surface area contributed by atoms with Crippen LogP contribution in [0.1, 0.15) is 51.1 Å². The molecule has 3 rings (SSSR count). The summed E-state index contributed by atoms with van der Waals surface area (Å²) in [7, 11) is 1.78. The van der Waals surface area contributed by atoms with Gasteiger partial charge in [-0.15, -0.1) is 11.3 Å². The molecule has 0 radical (unpaired) electrons.